The second-order valence-electron chi connectivity index (χ2n) is 8.02. The van der Waals surface area contributed by atoms with Crippen LogP contribution in [0.3, 0.4) is 0 Å². The number of ether oxygens (including phenoxy) is 2. The lowest BCUT2D eigenvalue weighted by Gasteiger charge is -2.40. The molecular formula is C16H25N6O12P. The lowest BCUT2D eigenvalue weighted by Crippen LogP contribution is -2.62. The highest BCUT2D eigenvalue weighted by Crippen LogP contribution is 2.41. The molecule has 19 heteroatoms. The summed E-state index contributed by atoms with van der Waals surface area (Å²) in [6.45, 7) is -1.47. The first-order valence-corrected chi connectivity index (χ1v) is 11.8. The maximum Gasteiger partial charge on any atom is 0.403 e. The molecule has 11 N–H and O–H groups in total. The topological polar surface area (TPSA) is 288 Å². The summed E-state index contributed by atoms with van der Waals surface area (Å²) in [4.78, 5) is 32.1. The van der Waals surface area contributed by atoms with Gasteiger partial charge in [-0.05, 0) is 0 Å². The van der Waals surface area contributed by atoms with E-state index >= 15 is 0 Å². The van der Waals surface area contributed by atoms with Crippen LogP contribution in [0.25, 0.3) is 11.2 Å². The average Bonchev–Trinajstić information content (AvgIpc) is 3.33. The molecule has 2 fully saturated rings. The SMILES string of the molecule is Nc1nc2c(ncn2[C@@H]2O[C@H](COP(=O)(O)N[C@H]3C(O)O[C@H](CO)[C@@H](O)[C@@H]3O)[C@@H](O)[C@H]2O)c(=O)[nH]1. The van der Waals surface area contributed by atoms with Gasteiger partial charge < -0.3 is 50.7 Å². The van der Waals surface area contributed by atoms with Crippen molar-refractivity contribution >= 4 is 24.9 Å². The number of anilines is 1. The Hall–Kier alpha value is -2.06. The molecule has 4 heterocycles. The molecule has 2 aliphatic heterocycles. The van der Waals surface area contributed by atoms with Crippen molar-refractivity contribution in [3.8, 4) is 0 Å². The Labute approximate surface area is 195 Å². The van der Waals surface area contributed by atoms with Crippen molar-refractivity contribution in [3.63, 3.8) is 0 Å². The van der Waals surface area contributed by atoms with Crippen LogP contribution in [0, 0.1) is 0 Å². The summed E-state index contributed by atoms with van der Waals surface area (Å²) < 4.78 is 29.0. The Balaban J connectivity index is 1.43. The fourth-order valence-electron chi connectivity index (χ4n) is 3.86. The minimum atomic E-state index is -4.81. The first kappa shape index (κ1) is 26.0. The number of nitrogens with one attached hydrogen (secondary N) is 2. The molecular weight excluding hydrogens is 499 g/mol. The number of aliphatic hydroxyl groups is 6. The van der Waals surface area contributed by atoms with Gasteiger partial charge in [-0.2, -0.15) is 4.98 Å². The summed E-state index contributed by atoms with van der Waals surface area (Å²) >= 11 is 0. The van der Waals surface area contributed by atoms with Crippen LogP contribution in [-0.2, 0) is 18.6 Å². The van der Waals surface area contributed by atoms with Crippen LogP contribution in [0.2, 0.25) is 0 Å². The minimum Gasteiger partial charge on any atom is -0.394 e. The molecule has 2 aliphatic rings. The summed E-state index contributed by atoms with van der Waals surface area (Å²) in [6, 6.07) is -1.68. The molecule has 0 aromatic carbocycles. The third-order valence-electron chi connectivity index (χ3n) is 5.69. The third-order valence-corrected chi connectivity index (χ3v) is 6.81. The molecule has 2 unspecified atom stereocenters. The summed E-state index contributed by atoms with van der Waals surface area (Å²) in [7, 11) is -4.81. The second kappa shape index (κ2) is 9.77. The molecule has 196 valence electrons. The molecule has 0 spiro atoms. The molecule has 0 saturated carbocycles. The van der Waals surface area contributed by atoms with Gasteiger partial charge in [-0.3, -0.25) is 18.9 Å². The van der Waals surface area contributed by atoms with Gasteiger partial charge in [0.25, 0.3) is 5.56 Å². The highest BCUT2D eigenvalue weighted by atomic mass is 31.2. The number of aliphatic hydroxyl groups excluding tert-OH is 6. The number of nitrogen functional groups attached to an aromatic ring is 1. The number of hydrogen-bond donors (Lipinski definition) is 10. The van der Waals surface area contributed by atoms with Gasteiger partial charge in [-0.15, -0.1) is 0 Å². The summed E-state index contributed by atoms with van der Waals surface area (Å²) in [6.07, 6.45) is -11.4. The maximum atomic E-state index is 12.5. The zero-order valence-corrected chi connectivity index (χ0v) is 18.6. The Morgan fingerprint density at radius 3 is 2.51 bits per heavy atom. The fraction of sp³-hybridized carbons (Fsp3) is 0.688. The van der Waals surface area contributed by atoms with Crippen molar-refractivity contribution in [2.75, 3.05) is 18.9 Å². The first-order valence-electron chi connectivity index (χ1n) is 10.2. The predicted molar refractivity (Wildman–Crippen MR) is 111 cm³/mol. The largest absolute Gasteiger partial charge is 0.403 e. The van der Waals surface area contributed by atoms with Crippen LogP contribution in [0.4, 0.5) is 5.95 Å². The number of aromatic nitrogens is 4. The standard InChI is InChI=1S/C16H25N6O12P/c17-16-19-12-7(13(28)20-16)18-3-22(12)14-11(27)9(25)5(33-14)2-32-35(30,31)21-6-10(26)8(24)4(1-23)34-15(6)29/h3-6,8-11,14-15,23-27,29H,1-2H2,(H2,21,30,31)(H3,17,19,20,28)/t4-,5-,6-,8-,9-,10-,11-,14-,15?/m1/s1. The number of rotatable bonds is 7. The molecule has 0 amide bonds. The summed E-state index contributed by atoms with van der Waals surface area (Å²) in [5, 5.41) is 61.8. The van der Waals surface area contributed by atoms with E-state index in [1.165, 1.54) is 0 Å². The van der Waals surface area contributed by atoms with Gasteiger partial charge in [0.05, 0.1) is 25.6 Å². The molecule has 4 rings (SSSR count). The molecule has 2 aromatic rings. The van der Waals surface area contributed by atoms with E-state index < -0.39 is 81.7 Å². The zero-order valence-electron chi connectivity index (χ0n) is 17.7. The maximum absolute atomic E-state index is 12.5. The quantitative estimate of drug-likeness (QED) is 0.151. The molecule has 0 radical (unpaired) electrons. The molecule has 2 saturated heterocycles. The van der Waals surface area contributed by atoms with E-state index in [9.17, 15) is 39.8 Å². The minimum absolute atomic E-state index is 0.0430. The number of imidazole rings is 1. The van der Waals surface area contributed by atoms with Gasteiger partial charge in [-0.25, -0.2) is 14.6 Å². The van der Waals surface area contributed by atoms with E-state index in [1.54, 1.807) is 0 Å². The van der Waals surface area contributed by atoms with E-state index in [0.29, 0.717) is 0 Å². The lowest BCUT2D eigenvalue weighted by atomic mass is 9.98. The van der Waals surface area contributed by atoms with Gasteiger partial charge in [0.1, 0.15) is 36.6 Å². The first-order chi connectivity index (χ1) is 16.4. The smallest absolute Gasteiger partial charge is 0.394 e. The molecule has 35 heavy (non-hydrogen) atoms. The van der Waals surface area contributed by atoms with Crippen molar-refractivity contribution in [1.29, 1.82) is 0 Å². The molecule has 10 atom stereocenters. The van der Waals surface area contributed by atoms with E-state index in [1.807, 2.05) is 5.09 Å². The van der Waals surface area contributed by atoms with Crippen molar-refractivity contribution in [2.24, 2.45) is 0 Å². The van der Waals surface area contributed by atoms with Gasteiger partial charge in [0.2, 0.25) is 5.95 Å². The molecule has 0 bridgehead atoms. The summed E-state index contributed by atoms with van der Waals surface area (Å²) in [5.41, 5.74) is 4.75. The number of H-pyrrole nitrogens is 1. The second-order valence-corrected chi connectivity index (χ2v) is 9.58. The Morgan fingerprint density at radius 1 is 1.14 bits per heavy atom. The lowest BCUT2D eigenvalue weighted by molar-refractivity contribution is -0.252. The number of nitrogens with zero attached hydrogens (tertiary/aromatic N) is 3. The predicted octanol–water partition coefficient (Wildman–Crippen LogP) is -5.17. The average molecular weight is 524 g/mol. The Morgan fingerprint density at radius 2 is 1.83 bits per heavy atom. The van der Waals surface area contributed by atoms with E-state index in [-0.39, 0.29) is 17.1 Å². The number of nitrogens with two attached hydrogens (primary N) is 1. The van der Waals surface area contributed by atoms with E-state index in [2.05, 4.69) is 15.0 Å². The third kappa shape index (κ3) is 4.96. The van der Waals surface area contributed by atoms with Crippen molar-refractivity contribution in [3.05, 3.63) is 16.7 Å². The zero-order chi connectivity index (χ0) is 25.7. The highest BCUT2D eigenvalue weighted by molar-refractivity contribution is 7.50. The Bertz CT molecular complexity index is 1160. The van der Waals surface area contributed by atoms with Gasteiger partial charge in [-0.1, -0.05) is 0 Å². The monoisotopic (exact) mass is 524 g/mol. The summed E-state index contributed by atoms with van der Waals surface area (Å²) in [5.74, 6) is -0.226. The van der Waals surface area contributed by atoms with Crippen molar-refractivity contribution in [2.45, 2.75) is 55.2 Å². The number of aromatic amines is 1. The van der Waals surface area contributed by atoms with Crippen LogP contribution in [-0.4, -0.2) is 117 Å². The van der Waals surface area contributed by atoms with Crippen LogP contribution in [0.5, 0.6) is 0 Å². The Kier molecular flexibility index (Phi) is 7.26. The molecule has 2 aromatic heterocycles. The van der Waals surface area contributed by atoms with Crippen LogP contribution < -0.4 is 16.4 Å². The fourth-order valence-corrected chi connectivity index (χ4v) is 4.94. The van der Waals surface area contributed by atoms with E-state index in [4.69, 9.17) is 24.8 Å². The number of fused-ring (bicyclic) bond motifs is 1. The highest BCUT2D eigenvalue weighted by Gasteiger charge is 2.48. The van der Waals surface area contributed by atoms with Crippen LogP contribution in [0.1, 0.15) is 6.23 Å². The normalized spacial score (nSPS) is 37.5. The van der Waals surface area contributed by atoms with Crippen molar-refractivity contribution in [1.82, 2.24) is 24.6 Å². The van der Waals surface area contributed by atoms with Crippen molar-refractivity contribution < 1.29 is 54.1 Å². The number of hydrogen-bond acceptors (Lipinski definition) is 14. The van der Waals surface area contributed by atoms with Gasteiger partial charge in [0, 0.05) is 0 Å². The van der Waals surface area contributed by atoms with Gasteiger partial charge >= 0.3 is 7.75 Å². The van der Waals surface area contributed by atoms with E-state index in [0.717, 1.165) is 10.9 Å². The van der Waals surface area contributed by atoms with Crippen LogP contribution >= 0.6 is 7.75 Å². The molecule has 0 aliphatic carbocycles. The molecule has 18 nitrogen and oxygen atoms in total. The van der Waals surface area contributed by atoms with Gasteiger partial charge in [0.15, 0.2) is 23.7 Å². The van der Waals surface area contributed by atoms with Crippen LogP contribution in [0.15, 0.2) is 11.1 Å².